The standard InChI is InChI=1S/C15H21NO5/c1-6-11(17)9-7-10(13(18)12(8-9)20-5)16-14(19)21-15(2,3)4/h6-8,11,17-18H,1H2,2-5H3,(H,16,19). The van der Waals surface area contributed by atoms with Crippen LogP contribution in [0.5, 0.6) is 11.5 Å². The van der Waals surface area contributed by atoms with Gasteiger partial charge >= 0.3 is 6.09 Å². The number of aromatic hydroxyl groups is 1. The van der Waals surface area contributed by atoms with Gasteiger partial charge in [-0.15, -0.1) is 6.58 Å². The molecule has 1 atom stereocenters. The summed E-state index contributed by atoms with van der Waals surface area (Å²) in [5.74, 6) is -0.122. The highest BCUT2D eigenvalue weighted by Crippen LogP contribution is 2.37. The van der Waals surface area contributed by atoms with Gasteiger partial charge in [0.1, 0.15) is 5.60 Å². The molecule has 0 aromatic heterocycles. The molecule has 6 nitrogen and oxygen atoms in total. The van der Waals surface area contributed by atoms with Gasteiger partial charge in [0.2, 0.25) is 0 Å². The predicted octanol–water partition coefficient (Wildman–Crippen LogP) is 2.97. The maximum Gasteiger partial charge on any atom is 0.412 e. The quantitative estimate of drug-likeness (QED) is 0.587. The van der Waals surface area contributed by atoms with E-state index in [-0.39, 0.29) is 17.2 Å². The number of anilines is 1. The zero-order chi connectivity index (χ0) is 16.2. The fraction of sp³-hybridized carbons (Fsp3) is 0.400. The Labute approximate surface area is 124 Å². The first kappa shape index (κ1) is 16.8. The lowest BCUT2D eigenvalue weighted by Crippen LogP contribution is -2.27. The Bertz CT molecular complexity index is 534. The van der Waals surface area contributed by atoms with Gasteiger partial charge in [0.05, 0.1) is 18.9 Å². The van der Waals surface area contributed by atoms with Crippen LogP contribution in [-0.2, 0) is 4.74 Å². The lowest BCUT2D eigenvalue weighted by Gasteiger charge is -2.20. The van der Waals surface area contributed by atoms with E-state index in [1.807, 2.05) is 0 Å². The van der Waals surface area contributed by atoms with Crippen molar-refractivity contribution in [3.8, 4) is 11.5 Å². The average molecular weight is 295 g/mol. The number of nitrogens with one attached hydrogen (secondary N) is 1. The van der Waals surface area contributed by atoms with Crippen molar-refractivity contribution < 1.29 is 24.5 Å². The molecule has 0 saturated heterocycles. The van der Waals surface area contributed by atoms with Gasteiger partial charge in [-0.25, -0.2) is 4.79 Å². The average Bonchev–Trinajstić information content (AvgIpc) is 2.37. The number of hydrogen-bond donors (Lipinski definition) is 3. The molecule has 0 aliphatic rings. The van der Waals surface area contributed by atoms with E-state index in [1.165, 1.54) is 25.3 Å². The Morgan fingerprint density at radius 2 is 2.05 bits per heavy atom. The summed E-state index contributed by atoms with van der Waals surface area (Å²) in [6, 6.07) is 2.88. The molecule has 21 heavy (non-hydrogen) atoms. The normalized spacial score (nSPS) is 12.4. The smallest absolute Gasteiger partial charge is 0.412 e. The van der Waals surface area contributed by atoms with Crippen LogP contribution in [0.4, 0.5) is 10.5 Å². The van der Waals surface area contributed by atoms with Gasteiger partial charge in [-0.1, -0.05) is 6.08 Å². The first-order valence-corrected chi connectivity index (χ1v) is 6.39. The Morgan fingerprint density at radius 1 is 1.43 bits per heavy atom. The Kier molecular flexibility index (Phi) is 5.21. The minimum absolute atomic E-state index is 0.0829. The molecule has 0 spiro atoms. The third-order valence-corrected chi connectivity index (χ3v) is 2.52. The van der Waals surface area contributed by atoms with Crippen LogP contribution in [0.1, 0.15) is 32.4 Å². The number of ether oxygens (including phenoxy) is 2. The summed E-state index contributed by atoms with van der Waals surface area (Å²) in [5, 5.41) is 22.2. The maximum absolute atomic E-state index is 11.8. The molecule has 1 aromatic rings. The molecular formula is C15H21NO5. The topological polar surface area (TPSA) is 88.0 Å². The second kappa shape index (κ2) is 6.49. The zero-order valence-corrected chi connectivity index (χ0v) is 12.6. The molecule has 116 valence electrons. The van der Waals surface area contributed by atoms with Crippen molar-refractivity contribution in [3.05, 3.63) is 30.4 Å². The summed E-state index contributed by atoms with van der Waals surface area (Å²) in [4.78, 5) is 11.8. The summed E-state index contributed by atoms with van der Waals surface area (Å²) in [6.45, 7) is 8.67. The summed E-state index contributed by atoms with van der Waals surface area (Å²) < 4.78 is 10.1. The molecule has 1 unspecified atom stereocenters. The van der Waals surface area contributed by atoms with Crippen LogP contribution in [0.25, 0.3) is 0 Å². The van der Waals surface area contributed by atoms with Gasteiger partial charge in [0.25, 0.3) is 0 Å². The molecule has 3 N–H and O–H groups in total. The molecule has 0 heterocycles. The van der Waals surface area contributed by atoms with Crippen molar-refractivity contribution in [1.29, 1.82) is 0 Å². The molecule has 6 heteroatoms. The van der Waals surface area contributed by atoms with E-state index < -0.39 is 17.8 Å². The number of amides is 1. The highest BCUT2D eigenvalue weighted by atomic mass is 16.6. The number of phenols is 1. The van der Waals surface area contributed by atoms with Crippen LogP contribution in [0, 0.1) is 0 Å². The summed E-state index contributed by atoms with van der Waals surface area (Å²) >= 11 is 0. The number of aliphatic hydroxyl groups excluding tert-OH is 1. The van der Waals surface area contributed by atoms with E-state index in [0.29, 0.717) is 5.56 Å². The Balaban J connectivity index is 3.10. The fourth-order valence-corrected chi connectivity index (χ4v) is 1.60. The molecule has 0 aliphatic heterocycles. The van der Waals surface area contributed by atoms with Crippen molar-refractivity contribution in [1.82, 2.24) is 0 Å². The van der Waals surface area contributed by atoms with Gasteiger partial charge in [-0.05, 0) is 38.5 Å². The van der Waals surface area contributed by atoms with Crippen LogP contribution < -0.4 is 10.1 Å². The number of aliphatic hydroxyl groups is 1. The first-order valence-electron chi connectivity index (χ1n) is 6.39. The molecule has 0 saturated carbocycles. The Morgan fingerprint density at radius 3 is 2.52 bits per heavy atom. The van der Waals surface area contributed by atoms with E-state index >= 15 is 0 Å². The Hall–Kier alpha value is -2.21. The van der Waals surface area contributed by atoms with E-state index in [1.54, 1.807) is 20.8 Å². The van der Waals surface area contributed by atoms with Crippen molar-refractivity contribution in [2.24, 2.45) is 0 Å². The third-order valence-electron chi connectivity index (χ3n) is 2.52. The molecule has 0 radical (unpaired) electrons. The van der Waals surface area contributed by atoms with Gasteiger partial charge in [0.15, 0.2) is 11.5 Å². The zero-order valence-electron chi connectivity index (χ0n) is 12.6. The molecule has 0 bridgehead atoms. The number of carbonyl (C=O) groups is 1. The maximum atomic E-state index is 11.8. The van der Waals surface area contributed by atoms with E-state index in [9.17, 15) is 15.0 Å². The van der Waals surface area contributed by atoms with Crippen LogP contribution >= 0.6 is 0 Å². The summed E-state index contributed by atoms with van der Waals surface area (Å²) in [5.41, 5.74) is -0.160. The highest BCUT2D eigenvalue weighted by Gasteiger charge is 2.20. The lowest BCUT2D eigenvalue weighted by atomic mass is 10.1. The molecule has 1 rings (SSSR count). The summed E-state index contributed by atoms with van der Waals surface area (Å²) in [7, 11) is 1.37. The van der Waals surface area contributed by atoms with E-state index in [4.69, 9.17) is 9.47 Å². The number of benzene rings is 1. The van der Waals surface area contributed by atoms with Crippen molar-refractivity contribution in [2.45, 2.75) is 32.5 Å². The van der Waals surface area contributed by atoms with Crippen LogP contribution in [0.2, 0.25) is 0 Å². The minimum atomic E-state index is -0.946. The number of carbonyl (C=O) groups excluding carboxylic acids is 1. The first-order chi connectivity index (χ1) is 9.67. The second-order valence-electron chi connectivity index (χ2n) is 5.43. The minimum Gasteiger partial charge on any atom is -0.503 e. The van der Waals surface area contributed by atoms with Gasteiger partial charge < -0.3 is 19.7 Å². The molecule has 0 fully saturated rings. The van der Waals surface area contributed by atoms with Crippen molar-refractivity contribution in [2.75, 3.05) is 12.4 Å². The van der Waals surface area contributed by atoms with Crippen LogP contribution in [0.15, 0.2) is 24.8 Å². The van der Waals surface area contributed by atoms with Crippen molar-refractivity contribution >= 4 is 11.8 Å². The SMILES string of the molecule is C=CC(O)c1cc(NC(=O)OC(C)(C)C)c(O)c(OC)c1. The molecule has 1 aromatic carbocycles. The molecule has 0 aliphatic carbocycles. The van der Waals surface area contributed by atoms with Crippen LogP contribution in [-0.4, -0.2) is 29.0 Å². The fourth-order valence-electron chi connectivity index (χ4n) is 1.60. The van der Waals surface area contributed by atoms with Gasteiger partial charge in [-0.2, -0.15) is 0 Å². The number of hydrogen-bond acceptors (Lipinski definition) is 5. The van der Waals surface area contributed by atoms with Gasteiger partial charge in [-0.3, -0.25) is 5.32 Å². The van der Waals surface area contributed by atoms with Crippen molar-refractivity contribution in [3.63, 3.8) is 0 Å². The largest absolute Gasteiger partial charge is 0.503 e. The van der Waals surface area contributed by atoms with E-state index in [0.717, 1.165) is 0 Å². The lowest BCUT2D eigenvalue weighted by molar-refractivity contribution is 0.0635. The van der Waals surface area contributed by atoms with Gasteiger partial charge in [0, 0.05) is 0 Å². The summed E-state index contributed by atoms with van der Waals surface area (Å²) in [6.07, 6.45) is -0.341. The van der Waals surface area contributed by atoms with E-state index in [2.05, 4.69) is 11.9 Å². The third kappa shape index (κ3) is 4.68. The number of rotatable bonds is 4. The molecular weight excluding hydrogens is 274 g/mol. The number of methoxy groups -OCH3 is 1. The highest BCUT2D eigenvalue weighted by molar-refractivity contribution is 5.88. The predicted molar refractivity (Wildman–Crippen MR) is 79.7 cm³/mol. The molecule has 1 amide bonds. The second-order valence-corrected chi connectivity index (χ2v) is 5.43. The number of phenolic OH excluding ortho intramolecular Hbond substituents is 1. The van der Waals surface area contributed by atoms with Crippen LogP contribution in [0.3, 0.4) is 0 Å². The monoisotopic (exact) mass is 295 g/mol.